The molecule has 4 rings (SSSR count). The van der Waals surface area contributed by atoms with Crippen molar-refractivity contribution in [2.24, 2.45) is 0 Å². The zero-order valence-electron chi connectivity index (χ0n) is 16.6. The SMILES string of the molecule is CN(C)C(=O)[C@H]1CCCN1Cn1nc(-c2cccnc2)n(-c2ccccc2)c1=S. The van der Waals surface area contributed by atoms with E-state index in [1.54, 1.807) is 31.4 Å². The fourth-order valence-electron chi connectivity index (χ4n) is 3.74. The number of carbonyl (C=O) groups is 1. The Morgan fingerprint density at radius 1 is 1.21 bits per heavy atom. The number of rotatable bonds is 5. The first-order chi connectivity index (χ1) is 14.1. The van der Waals surface area contributed by atoms with Crippen LogP contribution in [0.3, 0.4) is 0 Å². The van der Waals surface area contributed by atoms with E-state index < -0.39 is 0 Å². The van der Waals surface area contributed by atoms with Crippen LogP contribution in [0, 0.1) is 4.77 Å². The number of para-hydroxylation sites is 1. The smallest absolute Gasteiger partial charge is 0.239 e. The molecule has 0 saturated carbocycles. The van der Waals surface area contributed by atoms with Crippen molar-refractivity contribution in [2.75, 3.05) is 20.6 Å². The molecule has 1 amide bonds. The number of benzene rings is 1. The van der Waals surface area contributed by atoms with Crippen molar-refractivity contribution >= 4 is 18.1 Å². The average molecular weight is 409 g/mol. The second-order valence-electron chi connectivity index (χ2n) is 7.36. The molecule has 0 bridgehead atoms. The van der Waals surface area contributed by atoms with Crippen molar-refractivity contribution < 1.29 is 4.79 Å². The monoisotopic (exact) mass is 408 g/mol. The third kappa shape index (κ3) is 3.86. The molecule has 0 radical (unpaired) electrons. The molecule has 2 aromatic heterocycles. The molecule has 3 aromatic rings. The van der Waals surface area contributed by atoms with E-state index in [0.29, 0.717) is 11.4 Å². The number of nitrogens with zero attached hydrogens (tertiary/aromatic N) is 6. The summed E-state index contributed by atoms with van der Waals surface area (Å²) in [6, 6.07) is 13.7. The fraction of sp³-hybridized carbons (Fsp3) is 0.333. The highest BCUT2D eigenvalue weighted by atomic mass is 32.1. The molecule has 1 aromatic carbocycles. The number of pyridine rings is 1. The van der Waals surface area contributed by atoms with Gasteiger partial charge in [-0.15, -0.1) is 5.10 Å². The topological polar surface area (TPSA) is 59.2 Å². The second-order valence-corrected chi connectivity index (χ2v) is 7.73. The molecule has 1 fully saturated rings. The summed E-state index contributed by atoms with van der Waals surface area (Å²) in [6.07, 6.45) is 5.38. The van der Waals surface area contributed by atoms with E-state index in [2.05, 4.69) is 9.88 Å². The van der Waals surface area contributed by atoms with Gasteiger partial charge in [0.2, 0.25) is 10.7 Å². The second kappa shape index (κ2) is 8.26. The van der Waals surface area contributed by atoms with Crippen LogP contribution >= 0.6 is 12.2 Å². The van der Waals surface area contributed by atoms with Gasteiger partial charge in [-0.1, -0.05) is 18.2 Å². The predicted molar refractivity (Wildman–Crippen MR) is 114 cm³/mol. The van der Waals surface area contributed by atoms with Crippen molar-refractivity contribution in [2.45, 2.75) is 25.6 Å². The molecule has 3 heterocycles. The third-order valence-electron chi connectivity index (χ3n) is 5.18. The van der Waals surface area contributed by atoms with Gasteiger partial charge in [-0.05, 0) is 49.3 Å². The summed E-state index contributed by atoms with van der Waals surface area (Å²) in [5.74, 6) is 0.868. The highest BCUT2D eigenvalue weighted by Crippen LogP contribution is 2.24. The van der Waals surface area contributed by atoms with E-state index in [4.69, 9.17) is 17.3 Å². The number of hydrogen-bond acceptors (Lipinski definition) is 5. The first kappa shape index (κ1) is 19.5. The van der Waals surface area contributed by atoms with Crippen LogP contribution in [-0.2, 0) is 11.5 Å². The summed E-state index contributed by atoms with van der Waals surface area (Å²) in [4.78, 5) is 20.6. The van der Waals surface area contributed by atoms with Crippen molar-refractivity contribution in [3.63, 3.8) is 0 Å². The van der Waals surface area contributed by atoms with E-state index in [0.717, 1.165) is 36.5 Å². The molecule has 0 spiro atoms. The summed E-state index contributed by atoms with van der Waals surface area (Å²) in [5.41, 5.74) is 1.84. The Labute approximate surface area is 175 Å². The van der Waals surface area contributed by atoms with Crippen molar-refractivity contribution in [3.05, 3.63) is 59.6 Å². The Bertz CT molecular complexity index is 1040. The molecule has 0 aliphatic carbocycles. The van der Waals surface area contributed by atoms with Crippen LogP contribution in [0.2, 0.25) is 0 Å². The van der Waals surface area contributed by atoms with E-state index in [1.165, 1.54) is 0 Å². The lowest BCUT2D eigenvalue weighted by Crippen LogP contribution is -2.43. The predicted octanol–water partition coefficient (Wildman–Crippen LogP) is 2.98. The summed E-state index contributed by atoms with van der Waals surface area (Å²) < 4.78 is 4.37. The molecule has 29 heavy (non-hydrogen) atoms. The Morgan fingerprint density at radius 2 is 2.00 bits per heavy atom. The minimum Gasteiger partial charge on any atom is -0.347 e. The van der Waals surface area contributed by atoms with E-state index in [9.17, 15) is 4.79 Å². The first-order valence-corrected chi connectivity index (χ1v) is 10.1. The highest BCUT2D eigenvalue weighted by Gasteiger charge is 2.32. The molecular formula is C21H24N6OS. The molecular weight excluding hydrogens is 384 g/mol. The number of carbonyl (C=O) groups excluding carboxylic acids is 1. The Hall–Kier alpha value is -2.84. The third-order valence-corrected chi connectivity index (χ3v) is 5.57. The van der Waals surface area contributed by atoms with Crippen LogP contribution in [0.25, 0.3) is 17.1 Å². The van der Waals surface area contributed by atoms with Gasteiger partial charge < -0.3 is 4.90 Å². The van der Waals surface area contributed by atoms with Gasteiger partial charge in [0, 0.05) is 44.3 Å². The summed E-state index contributed by atoms with van der Waals surface area (Å²) >= 11 is 5.81. The zero-order valence-corrected chi connectivity index (χ0v) is 17.4. The largest absolute Gasteiger partial charge is 0.347 e. The summed E-state index contributed by atoms with van der Waals surface area (Å²) in [6.45, 7) is 1.34. The molecule has 7 nitrogen and oxygen atoms in total. The van der Waals surface area contributed by atoms with E-state index >= 15 is 0 Å². The minimum atomic E-state index is -0.129. The molecule has 150 valence electrons. The van der Waals surface area contributed by atoms with Gasteiger partial charge in [0.15, 0.2) is 5.82 Å². The Kier molecular flexibility index (Phi) is 5.55. The first-order valence-electron chi connectivity index (χ1n) is 9.67. The molecule has 0 unspecified atom stereocenters. The summed E-state index contributed by atoms with van der Waals surface area (Å²) in [5, 5.41) is 4.83. The molecule has 1 aliphatic heterocycles. The number of likely N-dealkylation sites (tertiary alicyclic amines) is 1. The van der Waals surface area contributed by atoms with Crippen molar-refractivity contribution in [3.8, 4) is 17.1 Å². The van der Waals surface area contributed by atoms with E-state index in [1.807, 2.05) is 51.7 Å². The van der Waals surface area contributed by atoms with Crippen molar-refractivity contribution in [1.29, 1.82) is 0 Å². The lowest BCUT2D eigenvalue weighted by molar-refractivity contribution is -0.134. The van der Waals surface area contributed by atoms with Crippen molar-refractivity contribution in [1.82, 2.24) is 29.1 Å². The fourth-order valence-corrected chi connectivity index (χ4v) is 4.03. The van der Waals surface area contributed by atoms with Gasteiger partial charge in [-0.3, -0.25) is 19.2 Å². The molecule has 0 N–H and O–H groups in total. The maximum atomic E-state index is 12.6. The Morgan fingerprint density at radius 3 is 2.69 bits per heavy atom. The lowest BCUT2D eigenvalue weighted by Gasteiger charge is -2.25. The molecule has 1 saturated heterocycles. The maximum Gasteiger partial charge on any atom is 0.239 e. The molecule has 8 heteroatoms. The van der Waals surface area contributed by atoms with Crippen LogP contribution in [0.15, 0.2) is 54.9 Å². The van der Waals surface area contributed by atoms with Crippen LogP contribution < -0.4 is 0 Å². The summed E-state index contributed by atoms with van der Waals surface area (Å²) in [7, 11) is 3.60. The molecule has 1 atom stereocenters. The highest BCUT2D eigenvalue weighted by molar-refractivity contribution is 7.71. The average Bonchev–Trinajstić information content (AvgIpc) is 3.33. The number of amides is 1. The minimum absolute atomic E-state index is 0.129. The normalized spacial score (nSPS) is 16.8. The maximum absolute atomic E-state index is 12.6. The number of hydrogen-bond donors (Lipinski definition) is 0. The van der Waals surface area contributed by atoms with Gasteiger partial charge >= 0.3 is 0 Å². The zero-order chi connectivity index (χ0) is 20.4. The van der Waals surface area contributed by atoms with Gasteiger partial charge in [0.1, 0.15) is 0 Å². The standard InChI is InChI=1S/C21H24N6OS/c1-24(2)20(28)18-11-7-13-25(18)15-26-21(29)27(17-9-4-3-5-10-17)19(23-26)16-8-6-12-22-14-16/h3-6,8-10,12,14,18H,7,11,13,15H2,1-2H3/t18-/m1/s1. The van der Waals surface area contributed by atoms with Crippen LogP contribution in [0.1, 0.15) is 12.8 Å². The molecule has 1 aliphatic rings. The lowest BCUT2D eigenvalue weighted by atomic mass is 10.2. The number of aromatic nitrogens is 4. The van der Waals surface area contributed by atoms with Crippen LogP contribution in [-0.4, -0.2) is 61.7 Å². The van der Waals surface area contributed by atoms with Crippen LogP contribution in [0.4, 0.5) is 0 Å². The van der Waals surface area contributed by atoms with E-state index in [-0.39, 0.29) is 11.9 Å². The van der Waals surface area contributed by atoms with Gasteiger partial charge in [0.25, 0.3) is 0 Å². The Balaban J connectivity index is 1.75. The van der Waals surface area contributed by atoms with Gasteiger partial charge in [0.05, 0.1) is 12.7 Å². The van der Waals surface area contributed by atoms with Gasteiger partial charge in [-0.25, -0.2) is 4.68 Å². The quantitative estimate of drug-likeness (QED) is 0.608. The number of likely N-dealkylation sites (N-methyl/N-ethyl adjacent to an activating group) is 1. The van der Waals surface area contributed by atoms with Crippen LogP contribution in [0.5, 0.6) is 0 Å². The van der Waals surface area contributed by atoms with Gasteiger partial charge in [-0.2, -0.15) is 0 Å².